The van der Waals surface area contributed by atoms with Gasteiger partial charge in [0.25, 0.3) is 0 Å². The summed E-state index contributed by atoms with van der Waals surface area (Å²) in [4.78, 5) is 0. The molecule has 0 bridgehead atoms. The van der Waals surface area contributed by atoms with E-state index in [0.29, 0.717) is 0 Å². The highest BCUT2D eigenvalue weighted by atomic mass is 14.1. The molecule has 0 spiro atoms. The van der Waals surface area contributed by atoms with Gasteiger partial charge in [-0.15, -0.1) is 0 Å². The number of allylic oxidation sites excluding steroid dienone is 5. The van der Waals surface area contributed by atoms with Crippen LogP contribution in [0.25, 0.3) is 0 Å². The van der Waals surface area contributed by atoms with Crippen molar-refractivity contribution < 1.29 is 0 Å². The molecule has 0 atom stereocenters. The van der Waals surface area contributed by atoms with Crippen molar-refractivity contribution in [3.8, 4) is 0 Å². The zero-order chi connectivity index (χ0) is 6.69. The van der Waals surface area contributed by atoms with Crippen molar-refractivity contribution in [1.82, 2.24) is 0 Å². The van der Waals surface area contributed by atoms with Gasteiger partial charge < -0.3 is 0 Å². The van der Waals surface area contributed by atoms with Crippen molar-refractivity contribution in [3.05, 3.63) is 36.0 Å². The van der Waals surface area contributed by atoms with E-state index < -0.39 is 0 Å². The molecule has 1 aliphatic carbocycles. The van der Waals surface area contributed by atoms with Gasteiger partial charge in [0.1, 0.15) is 0 Å². The lowest BCUT2D eigenvalue weighted by atomic mass is 10.1. The van der Waals surface area contributed by atoms with Crippen molar-refractivity contribution in [1.29, 1.82) is 0 Å². The summed E-state index contributed by atoms with van der Waals surface area (Å²) in [6, 6.07) is 0. The van der Waals surface area contributed by atoms with Crippen molar-refractivity contribution in [3.63, 3.8) is 0 Å². The topological polar surface area (TPSA) is 0 Å². The summed E-state index contributed by atoms with van der Waals surface area (Å²) in [5, 5.41) is 0. The fraction of sp³-hybridized carbons (Fsp3) is 0.333. The standard InChI is InChI=1S/C9H12/c1-3-8-6-5-7-9(8)4-2/h3,5-6H,1,4,7H2,2H3. The van der Waals surface area contributed by atoms with Crippen LogP contribution in [0.15, 0.2) is 36.0 Å². The van der Waals surface area contributed by atoms with Gasteiger partial charge in [-0.3, -0.25) is 0 Å². The molecular formula is C9H12. The van der Waals surface area contributed by atoms with Crippen molar-refractivity contribution >= 4 is 0 Å². The van der Waals surface area contributed by atoms with E-state index in [0.717, 1.165) is 12.8 Å². The Balaban J connectivity index is 2.79. The molecule has 0 heteroatoms. The summed E-state index contributed by atoms with van der Waals surface area (Å²) in [7, 11) is 0. The summed E-state index contributed by atoms with van der Waals surface area (Å²) in [6.45, 7) is 5.92. The van der Waals surface area contributed by atoms with E-state index in [4.69, 9.17) is 0 Å². The van der Waals surface area contributed by atoms with Crippen LogP contribution in [0, 0.1) is 0 Å². The maximum atomic E-state index is 3.73. The van der Waals surface area contributed by atoms with Crippen LogP contribution in [0.4, 0.5) is 0 Å². The highest BCUT2D eigenvalue weighted by molar-refractivity contribution is 5.40. The molecule has 0 aliphatic heterocycles. The zero-order valence-corrected chi connectivity index (χ0v) is 5.85. The van der Waals surface area contributed by atoms with Crippen molar-refractivity contribution in [2.24, 2.45) is 0 Å². The first kappa shape index (κ1) is 6.34. The van der Waals surface area contributed by atoms with Crippen LogP contribution < -0.4 is 0 Å². The Bertz CT molecular complexity index is 170. The Hall–Kier alpha value is -0.780. The lowest BCUT2D eigenvalue weighted by molar-refractivity contribution is 1.04. The first-order chi connectivity index (χ1) is 4.38. The maximum absolute atomic E-state index is 3.73. The molecule has 0 radical (unpaired) electrons. The molecular weight excluding hydrogens is 108 g/mol. The molecule has 0 nitrogen and oxygen atoms in total. The van der Waals surface area contributed by atoms with Gasteiger partial charge in [0.05, 0.1) is 0 Å². The molecule has 1 aliphatic rings. The molecule has 1 rings (SSSR count). The highest BCUT2D eigenvalue weighted by Crippen LogP contribution is 2.21. The van der Waals surface area contributed by atoms with E-state index in [-0.39, 0.29) is 0 Å². The fourth-order valence-electron chi connectivity index (χ4n) is 1.12. The first-order valence-corrected chi connectivity index (χ1v) is 3.39. The minimum absolute atomic E-state index is 1.14. The van der Waals surface area contributed by atoms with Gasteiger partial charge >= 0.3 is 0 Å². The molecule has 0 aromatic rings. The third kappa shape index (κ3) is 1.13. The predicted molar refractivity (Wildman–Crippen MR) is 41.3 cm³/mol. The van der Waals surface area contributed by atoms with Gasteiger partial charge in [0.2, 0.25) is 0 Å². The van der Waals surface area contributed by atoms with Crippen LogP contribution in [-0.2, 0) is 0 Å². The van der Waals surface area contributed by atoms with Gasteiger partial charge in [-0.1, -0.05) is 37.3 Å². The molecule has 0 aromatic heterocycles. The lowest BCUT2D eigenvalue weighted by Crippen LogP contribution is -1.76. The van der Waals surface area contributed by atoms with Gasteiger partial charge in [-0.05, 0) is 18.4 Å². The van der Waals surface area contributed by atoms with E-state index in [2.05, 4.69) is 25.7 Å². The smallest absolute Gasteiger partial charge is 0.0127 e. The molecule has 0 fully saturated rings. The third-order valence-corrected chi connectivity index (χ3v) is 1.72. The first-order valence-electron chi connectivity index (χ1n) is 3.39. The fourth-order valence-corrected chi connectivity index (χ4v) is 1.12. The average molecular weight is 120 g/mol. The van der Waals surface area contributed by atoms with E-state index in [1.54, 1.807) is 0 Å². The molecule has 0 unspecified atom stereocenters. The Kier molecular flexibility index (Phi) is 1.88. The van der Waals surface area contributed by atoms with Gasteiger partial charge in [0, 0.05) is 0 Å². The Morgan fingerprint density at radius 3 is 3.00 bits per heavy atom. The third-order valence-electron chi connectivity index (χ3n) is 1.72. The minimum atomic E-state index is 1.14. The van der Waals surface area contributed by atoms with E-state index >= 15 is 0 Å². The van der Waals surface area contributed by atoms with Crippen LogP contribution in [0.2, 0.25) is 0 Å². The minimum Gasteiger partial charge on any atom is -0.0985 e. The normalized spacial score (nSPS) is 17.0. The summed E-state index contributed by atoms with van der Waals surface area (Å²) >= 11 is 0. The molecule has 48 valence electrons. The van der Waals surface area contributed by atoms with Crippen LogP contribution in [0.5, 0.6) is 0 Å². The van der Waals surface area contributed by atoms with Crippen LogP contribution in [0.1, 0.15) is 19.8 Å². The molecule has 0 N–H and O–H groups in total. The van der Waals surface area contributed by atoms with E-state index in [1.807, 2.05) is 6.08 Å². The van der Waals surface area contributed by atoms with E-state index in [9.17, 15) is 0 Å². The monoisotopic (exact) mass is 120 g/mol. The average Bonchev–Trinajstić information content (AvgIpc) is 2.33. The number of hydrogen-bond acceptors (Lipinski definition) is 0. The summed E-state index contributed by atoms with van der Waals surface area (Å²) in [5.74, 6) is 0. The molecule has 0 saturated heterocycles. The summed E-state index contributed by atoms with van der Waals surface area (Å²) in [5.41, 5.74) is 2.85. The second-order valence-electron chi connectivity index (χ2n) is 2.22. The Morgan fingerprint density at radius 2 is 2.56 bits per heavy atom. The van der Waals surface area contributed by atoms with Gasteiger partial charge in [-0.25, -0.2) is 0 Å². The van der Waals surface area contributed by atoms with Crippen LogP contribution >= 0.6 is 0 Å². The van der Waals surface area contributed by atoms with Gasteiger partial charge in [-0.2, -0.15) is 0 Å². The summed E-state index contributed by atoms with van der Waals surface area (Å²) in [6.07, 6.45) is 8.57. The molecule has 0 aromatic carbocycles. The largest absolute Gasteiger partial charge is 0.0985 e. The second kappa shape index (κ2) is 2.67. The van der Waals surface area contributed by atoms with Crippen molar-refractivity contribution in [2.75, 3.05) is 0 Å². The van der Waals surface area contributed by atoms with E-state index in [1.165, 1.54) is 11.1 Å². The predicted octanol–water partition coefficient (Wildman–Crippen LogP) is 2.84. The molecule has 9 heavy (non-hydrogen) atoms. The maximum Gasteiger partial charge on any atom is -0.0127 e. The van der Waals surface area contributed by atoms with Gasteiger partial charge in [0.15, 0.2) is 0 Å². The molecule has 0 amide bonds. The molecule has 0 heterocycles. The Labute approximate surface area is 56.6 Å². The molecule has 0 saturated carbocycles. The SMILES string of the molecule is C=CC1=C(CC)CC=C1. The Morgan fingerprint density at radius 1 is 1.78 bits per heavy atom. The van der Waals surface area contributed by atoms with Crippen molar-refractivity contribution in [2.45, 2.75) is 19.8 Å². The lowest BCUT2D eigenvalue weighted by Gasteiger charge is -1.96. The second-order valence-corrected chi connectivity index (χ2v) is 2.22. The highest BCUT2D eigenvalue weighted by Gasteiger charge is 2.01. The van der Waals surface area contributed by atoms with Crippen LogP contribution in [-0.4, -0.2) is 0 Å². The number of rotatable bonds is 2. The zero-order valence-electron chi connectivity index (χ0n) is 5.85. The number of hydrogen-bond donors (Lipinski definition) is 0. The summed E-state index contributed by atoms with van der Waals surface area (Å²) < 4.78 is 0. The van der Waals surface area contributed by atoms with Crippen LogP contribution in [0.3, 0.4) is 0 Å². The quantitative estimate of drug-likeness (QED) is 0.525.